The Bertz CT molecular complexity index is 272. The zero-order chi connectivity index (χ0) is 8.97. The topological polar surface area (TPSA) is 35.0 Å². The Labute approximate surface area is 93.6 Å². The first-order valence-electron chi connectivity index (χ1n) is 3.11. The fourth-order valence-electron chi connectivity index (χ4n) is 0.587. The molecule has 0 aliphatic rings. The summed E-state index contributed by atoms with van der Waals surface area (Å²) in [5.74, 6) is 0.480. The lowest BCUT2D eigenvalue weighted by Gasteiger charge is -2.03. The molecule has 1 rings (SSSR count). The number of hydrogen-bond donors (Lipinski definition) is 0. The average molecular weight is 319 g/mol. The summed E-state index contributed by atoms with van der Waals surface area (Å²) in [7, 11) is 0. The van der Waals surface area contributed by atoms with Gasteiger partial charge in [-0.2, -0.15) is 0 Å². The lowest BCUT2D eigenvalue weighted by molar-refractivity contribution is 0.344. The van der Waals surface area contributed by atoms with Crippen molar-refractivity contribution in [2.75, 3.05) is 11.0 Å². The van der Waals surface area contributed by atoms with Crippen molar-refractivity contribution in [3.05, 3.63) is 16.4 Å². The quantitative estimate of drug-likeness (QED) is 0.635. The van der Waals surface area contributed by atoms with Gasteiger partial charge < -0.3 is 4.74 Å². The van der Waals surface area contributed by atoms with Crippen LogP contribution < -0.4 is 4.74 Å². The summed E-state index contributed by atoms with van der Waals surface area (Å²) in [5, 5.41) is 7.66. The van der Waals surface area contributed by atoms with Crippen LogP contribution in [0.1, 0.15) is 0 Å². The maximum absolute atomic E-state index is 5.67. The van der Waals surface area contributed by atoms with E-state index in [9.17, 15) is 0 Å². The maximum Gasteiger partial charge on any atom is 0.193 e. The van der Waals surface area contributed by atoms with Crippen molar-refractivity contribution in [3.8, 4) is 5.75 Å². The second kappa shape index (κ2) is 5.04. The van der Waals surface area contributed by atoms with Gasteiger partial charge in [0.2, 0.25) is 0 Å². The van der Waals surface area contributed by atoms with Crippen molar-refractivity contribution >= 4 is 45.8 Å². The molecular formula is C6H5Cl2IN2O. The molecule has 3 nitrogen and oxygen atoms in total. The van der Waals surface area contributed by atoms with Crippen LogP contribution >= 0.6 is 45.8 Å². The number of aromatic nitrogens is 2. The predicted molar refractivity (Wildman–Crippen MR) is 56.4 cm³/mol. The highest BCUT2D eigenvalue weighted by Gasteiger charge is 2.03. The Kier molecular flexibility index (Phi) is 4.31. The molecule has 1 aromatic rings. The minimum absolute atomic E-state index is 0.240. The number of rotatable bonds is 3. The van der Waals surface area contributed by atoms with E-state index in [0.29, 0.717) is 12.4 Å². The molecular weight excluding hydrogens is 314 g/mol. The van der Waals surface area contributed by atoms with Gasteiger partial charge in [-0.25, -0.2) is 0 Å². The van der Waals surface area contributed by atoms with Gasteiger partial charge in [0.05, 0.1) is 6.61 Å². The van der Waals surface area contributed by atoms with Gasteiger partial charge in [-0.3, -0.25) is 0 Å². The number of hydrogen-bond acceptors (Lipinski definition) is 3. The van der Waals surface area contributed by atoms with E-state index < -0.39 is 0 Å². The number of nitrogens with zero attached hydrogens (tertiary/aromatic N) is 2. The molecule has 0 radical (unpaired) electrons. The van der Waals surface area contributed by atoms with Crippen molar-refractivity contribution in [2.24, 2.45) is 0 Å². The molecule has 12 heavy (non-hydrogen) atoms. The first-order valence-corrected chi connectivity index (χ1v) is 5.39. The molecule has 66 valence electrons. The predicted octanol–water partition coefficient (Wildman–Crippen LogP) is 2.60. The molecule has 0 atom stereocenters. The van der Waals surface area contributed by atoms with Crippen LogP contribution in [-0.2, 0) is 0 Å². The smallest absolute Gasteiger partial charge is 0.193 e. The van der Waals surface area contributed by atoms with Gasteiger partial charge in [-0.1, -0.05) is 45.8 Å². The molecule has 0 aromatic carbocycles. The molecule has 0 aliphatic carbocycles. The largest absolute Gasteiger partial charge is 0.489 e. The van der Waals surface area contributed by atoms with Crippen LogP contribution in [0, 0.1) is 0 Å². The Morgan fingerprint density at radius 3 is 2.83 bits per heavy atom. The Hall–Kier alpha value is 0.190. The maximum atomic E-state index is 5.67. The minimum atomic E-state index is 0.240. The Morgan fingerprint density at radius 1 is 1.42 bits per heavy atom. The van der Waals surface area contributed by atoms with E-state index in [1.807, 2.05) is 0 Å². The van der Waals surface area contributed by atoms with Crippen molar-refractivity contribution in [3.63, 3.8) is 0 Å². The van der Waals surface area contributed by atoms with Gasteiger partial charge in [0.1, 0.15) is 0 Å². The van der Waals surface area contributed by atoms with Gasteiger partial charge in [-0.15, -0.1) is 10.2 Å². The minimum Gasteiger partial charge on any atom is -0.489 e. The average Bonchev–Trinajstić information content (AvgIpc) is 2.07. The monoisotopic (exact) mass is 318 g/mol. The van der Waals surface area contributed by atoms with Crippen LogP contribution in [0.5, 0.6) is 5.75 Å². The fourth-order valence-corrected chi connectivity index (χ4v) is 1.09. The first kappa shape index (κ1) is 10.3. The lowest BCUT2D eigenvalue weighted by atomic mass is 10.5. The third-order valence-electron chi connectivity index (χ3n) is 1.02. The number of halogens is 3. The van der Waals surface area contributed by atoms with E-state index in [0.717, 1.165) is 4.43 Å². The van der Waals surface area contributed by atoms with E-state index in [-0.39, 0.29) is 10.3 Å². The Morgan fingerprint density at radius 2 is 2.17 bits per heavy atom. The summed E-state index contributed by atoms with van der Waals surface area (Å²) in [6.07, 6.45) is 0. The zero-order valence-electron chi connectivity index (χ0n) is 5.93. The molecule has 0 aliphatic heterocycles. The summed E-state index contributed by atoms with van der Waals surface area (Å²) in [4.78, 5) is 0. The van der Waals surface area contributed by atoms with Gasteiger partial charge in [0.15, 0.2) is 16.1 Å². The van der Waals surface area contributed by atoms with Gasteiger partial charge in [0, 0.05) is 10.5 Å². The van der Waals surface area contributed by atoms with Crippen molar-refractivity contribution < 1.29 is 4.74 Å². The SMILES string of the molecule is Clc1cc(OCCI)c(Cl)nn1. The normalized spacial score (nSPS) is 9.92. The van der Waals surface area contributed by atoms with Crippen LogP contribution in [0.25, 0.3) is 0 Å². The summed E-state index contributed by atoms with van der Waals surface area (Å²) < 4.78 is 6.12. The first-order chi connectivity index (χ1) is 5.74. The molecule has 0 N–H and O–H groups in total. The lowest BCUT2D eigenvalue weighted by Crippen LogP contribution is -1.99. The highest BCUT2D eigenvalue weighted by atomic mass is 127. The van der Waals surface area contributed by atoms with Crippen LogP contribution in [0.4, 0.5) is 0 Å². The third-order valence-corrected chi connectivity index (χ3v) is 1.91. The van der Waals surface area contributed by atoms with Crippen molar-refractivity contribution in [1.29, 1.82) is 0 Å². The molecule has 0 saturated heterocycles. The molecule has 0 bridgehead atoms. The van der Waals surface area contributed by atoms with Crippen LogP contribution in [0.3, 0.4) is 0 Å². The Balaban J connectivity index is 2.75. The molecule has 0 fully saturated rings. The highest BCUT2D eigenvalue weighted by Crippen LogP contribution is 2.23. The van der Waals surface area contributed by atoms with E-state index >= 15 is 0 Å². The second-order valence-electron chi connectivity index (χ2n) is 1.86. The van der Waals surface area contributed by atoms with Gasteiger partial charge >= 0.3 is 0 Å². The second-order valence-corrected chi connectivity index (χ2v) is 3.68. The zero-order valence-corrected chi connectivity index (χ0v) is 9.60. The molecule has 0 amide bonds. The molecule has 0 spiro atoms. The molecule has 1 aromatic heterocycles. The van der Waals surface area contributed by atoms with E-state index in [1.165, 1.54) is 0 Å². The molecule has 0 unspecified atom stereocenters. The summed E-state index contributed by atoms with van der Waals surface area (Å²) in [6, 6.07) is 1.54. The summed E-state index contributed by atoms with van der Waals surface area (Å²) in [5.41, 5.74) is 0. The molecule has 1 heterocycles. The summed E-state index contributed by atoms with van der Waals surface area (Å²) >= 11 is 13.5. The van der Waals surface area contributed by atoms with E-state index in [1.54, 1.807) is 6.07 Å². The number of alkyl halides is 1. The van der Waals surface area contributed by atoms with Gasteiger partial charge in [-0.05, 0) is 0 Å². The van der Waals surface area contributed by atoms with Crippen molar-refractivity contribution in [2.45, 2.75) is 0 Å². The fraction of sp³-hybridized carbons (Fsp3) is 0.333. The molecule has 6 heteroatoms. The summed E-state index contributed by atoms with van der Waals surface area (Å²) in [6.45, 7) is 0.586. The van der Waals surface area contributed by atoms with Crippen LogP contribution in [0.2, 0.25) is 10.3 Å². The van der Waals surface area contributed by atoms with Gasteiger partial charge in [0.25, 0.3) is 0 Å². The van der Waals surface area contributed by atoms with Crippen LogP contribution in [-0.4, -0.2) is 21.2 Å². The number of ether oxygens (including phenoxy) is 1. The van der Waals surface area contributed by atoms with E-state index in [4.69, 9.17) is 27.9 Å². The van der Waals surface area contributed by atoms with E-state index in [2.05, 4.69) is 32.8 Å². The van der Waals surface area contributed by atoms with Crippen molar-refractivity contribution in [1.82, 2.24) is 10.2 Å². The third kappa shape index (κ3) is 2.91. The highest BCUT2D eigenvalue weighted by molar-refractivity contribution is 14.1. The standard InChI is InChI=1S/C6H5Cl2IN2O/c7-5-3-4(12-2-1-9)6(8)11-10-5/h3H,1-2H2. The van der Waals surface area contributed by atoms with Crippen LogP contribution in [0.15, 0.2) is 6.07 Å². The molecule has 0 saturated carbocycles.